The number of piperidine rings is 1. The van der Waals surface area contributed by atoms with Crippen molar-refractivity contribution in [1.82, 2.24) is 4.90 Å². The number of hydrogen-bond acceptors (Lipinski definition) is 1. The minimum Gasteiger partial charge on any atom is -0.336 e. The monoisotopic (exact) mass is 151 g/mol. The van der Waals surface area contributed by atoms with Crippen LogP contribution in [0.2, 0.25) is 0 Å². The summed E-state index contributed by atoms with van der Waals surface area (Å²) in [6, 6.07) is 0.435. The molecule has 2 rings (SSSR count). The highest BCUT2D eigenvalue weighted by Crippen LogP contribution is 2.22. The van der Waals surface area contributed by atoms with Gasteiger partial charge in [0.1, 0.15) is 0 Å². The molecule has 2 aliphatic rings. The first-order chi connectivity index (χ1) is 5.38. The van der Waals surface area contributed by atoms with Crippen molar-refractivity contribution >= 4 is 5.91 Å². The van der Waals surface area contributed by atoms with Crippen molar-refractivity contribution in [2.75, 3.05) is 6.54 Å². The molecule has 0 aliphatic carbocycles. The van der Waals surface area contributed by atoms with E-state index in [9.17, 15) is 4.79 Å². The van der Waals surface area contributed by atoms with Crippen LogP contribution in [0, 0.1) is 0 Å². The second-order valence-electron chi connectivity index (χ2n) is 3.26. The topological polar surface area (TPSA) is 20.3 Å². The number of nitrogens with zero attached hydrogens (tertiary/aromatic N) is 1. The molecule has 0 unspecified atom stereocenters. The Hall–Kier alpha value is -0.790. The van der Waals surface area contributed by atoms with E-state index in [0.29, 0.717) is 11.9 Å². The maximum absolute atomic E-state index is 11.3. The van der Waals surface area contributed by atoms with Crippen LogP contribution in [0.4, 0.5) is 0 Å². The summed E-state index contributed by atoms with van der Waals surface area (Å²) in [6.45, 7) is 0.944. The molecule has 1 amide bonds. The SMILES string of the molecule is O=C1CCC[C@@H]2C=CCCN12. The lowest BCUT2D eigenvalue weighted by molar-refractivity contribution is -0.135. The number of fused-ring (bicyclic) bond motifs is 1. The van der Waals surface area contributed by atoms with E-state index in [1.807, 2.05) is 4.90 Å². The molecule has 2 aliphatic heterocycles. The van der Waals surface area contributed by atoms with E-state index >= 15 is 0 Å². The Bertz CT molecular complexity index is 198. The second kappa shape index (κ2) is 2.68. The van der Waals surface area contributed by atoms with Crippen molar-refractivity contribution in [1.29, 1.82) is 0 Å². The zero-order chi connectivity index (χ0) is 7.68. The van der Waals surface area contributed by atoms with Crippen LogP contribution >= 0.6 is 0 Å². The molecule has 1 fully saturated rings. The van der Waals surface area contributed by atoms with Crippen molar-refractivity contribution in [3.05, 3.63) is 12.2 Å². The lowest BCUT2D eigenvalue weighted by Crippen LogP contribution is -2.44. The van der Waals surface area contributed by atoms with Crippen molar-refractivity contribution < 1.29 is 4.79 Å². The van der Waals surface area contributed by atoms with E-state index in [1.165, 1.54) is 6.42 Å². The Balaban J connectivity index is 2.15. The van der Waals surface area contributed by atoms with Crippen LogP contribution in [-0.4, -0.2) is 23.4 Å². The molecule has 60 valence electrons. The van der Waals surface area contributed by atoms with Gasteiger partial charge in [-0.1, -0.05) is 12.2 Å². The smallest absolute Gasteiger partial charge is 0.223 e. The highest BCUT2D eigenvalue weighted by molar-refractivity contribution is 5.77. The molecule has 0 spiro atoms. The molecule has 0 radical (unpaired) electrons. The first-order valence-electron chi connectivity index (χ1n) is 4.34. The Kier molecular flexibility index (Phi) is 1.68. The van der Waals surface area contributed by atoms with Crippen molar-refractivity contribution in [3.8, 4) is 0 Å². The third-order valence-corrected chi connectivity index (χ3v) is 2.51. The van der Waals surface area contributed by atoms with Crippen LogP contribution in [0.3, 0.4) is 0 Å². The number of hydrogen-bond donors (Lipinski definition) is 0. The largest absolute Gasteiger partial charge is 0.336 e. The Morgan fingerprint density at radius 3 is 3.27 bits per heavy atom. The zero-order valence-electron chi connectivity index (χ0n) is 6.62. The first-order valence-corrected chi connectivity index (χ1v) is 4.34. The van der Waals surface area contributed by atoms with Gasteiger partial charge in [-0.2, -0.15) is 0 Å². The van der Waals surface area contributed by atoms with Crippen molar-refractivity contribution in [2.45, 2.75) is 31.7 Å². The lowest BCUT2D eigenvalue weighted by atomic mass is 9.98. The van der Waals surface area contributed by atoms with Crippen molar-refractivity contribution in [3.63, 3.8) is 0 Å². The number of carbonyl (C=O) groups excluding carboxylic acids is 1. The van der Waals surface area contributed by atoms with Crippen LogP contribution in [0.1, 0.15) is 25.7 Å². The molecule has 0 saturated carbocycles. The van der Waals surface area contributed by atoms with E-state index < -0.39 is 0 Å². The fourth-order valence-electron chi connectivity index (χ4n) is 1.90. The number of carbonyl (C=O) groups is 1. The van der Waals surface area contributed by atoms with Crippen LogP contribution in [0.25, 0.3) is 0 Å². The van der Waals surface area contributed by atoms with Crippen LogP contribution in [0.5, 0.6) is 0 Å². The molecule has 11 heavy (non-hydrogen) atoms. The first kappa shape index (κ1) is 6.89. The minimum atomic E-state index is 0.352. The fraction of sp³-hybridized carbons (Fsp3) is 0.667. The number of rotatable bonds is 0. The van der Waals surface area contributed by atoms with Gasteiger partial charge in [0.2, 0.25) is 5.91 Å². The molecule has 0 aromatic rings. The maximum atomic E-state index is 11.3. The van der Waals surface area contributed by atoms with E-state index in [0.717, 1.165) is 25.8 Å². The van der Waals surface area contributed by atoms with E-state index in [1.54, 1.807) is 0 Å². The summed E-state index contributed by atoms with van der Waals surface area (Å²) in [7, 11) is 0. The molecule has 2 heteroatoms. The molecule has 1 atom stereocenters. The van der Waals surface area contributed by atoms with E-state index in [-0.39, 0.29) is 0 Å². The van der Waals surface area contributed by atoms with Crippen LogP contribution in [-0.2, 0) is 4.79 Å². The predicted molar refractivity (Wildman–Crippen MR) is 43.1 cm³/mol. The quantitative estimate of drug-likeness (QED) is 0.478. The maximum Gasteiger partial charge on any atom is 0.223 e. The molecule has 0 bridgehead atoms. The van der Waals surface area contributed by atoms with Gasteiger partial charge in [0.15, 0.2) is 0 Å². The Morgan fingerprint density at radius 1 is 1.55 bits per heavy atom. The highest BCUT2D eigenvalue weighted by Gasteiger charge is 2.26. The fourth-order valence-corrected chi connectivity index (χ4v) is 1.90. The van der Waals surface area contributed by atoms with Gasteiger partial charge in [-0.25, -0.2) is 0 Å². The molecule has 2 heterocycles. The summed E-state index contributed by atoms with van der Waals surface area (Å²) in [4.78, 5) is 13.3. The minimum absolute atomic E-state index is 0.352. The van der Waals surface area contributed by atoms with Crippen LogP contribution in [0.15, 0.2) is 12.2 Å². The summed E-state index contributed by atoms with van der Waals surface area (Å²) in [6.07, 6.45) is 8.43. The van der Waals surface area contributed by atoms with Gasteiger partial charge >= 0.3 is 0 Å². The van der Waals surface area contributed by atoms with Gasteiger partial charge in [0.05, 0.1) is 0 Å². The van der Waals surface area contributed by atoms with Gasteiger partial charge < -0.3 is 4.90 Å². The normalized spacial score (nSPS) is 30.4. The summed E-state index contributed by atoms with van der Waals surface area (Å²) in [5.41, 5.74) is 0. The average molecular weight is 151 g/mol. The summed E-state index contributed by atoms with van der Waals surface area (Å²) < 4.78 is 0. The third-order valence-electron chi connectivity index (χ3n) is 2.51. The van der Waals surface area contributed by atoms with Gasteiger partial charge in [0, 0.05) is 19.0 Å². The van der Waals surface area contributed by atoms with Gasteiger partial charge in [0.25, 0.3) is 0 Å². The standard InChI is InChI=1S/C9H13NO/c11-9-6-3-5-8-4-1-2-7-10(8)9/h1,4,8H,2-3,5-7H2/t8-/m0/s1. The van der Waals surface area contributed by atoms with E-state index in [4.69, 9.17) is 0 Å². The molecular weight excluding hydrogens is 138 g/mol. The van der Waals surface area contributed by atoms with Crippen LogP contribution < -0.4 is 0 Å². The Morgan fingerprint density at radius 2 is 2.45 bits per heavy atom. The van der Waals surface area contributed by atoms with Crippen molar-refractivity contribution in [2.24, 2.45) is 0 Å². The van der Waals surface area contributed by atoms with Gasteiger partial charge in [-0.15, -0.1) is 0 Å². The zero-order valence-corrected chi connectivity index (χ0v) is 6.62. The highest BCUT2D eigenvalue weighted by atomic mass is 16.2. The summed E-state index contributed by atoms with van der Waals surface area (Å²) >= 11 is 0. The molecule has 0 aromatic carbocycles. The summed E-state index contributed by atoms with van der Waals surface area (Å²) in [5.74, 6) is 0.352. The lowest BCUT2D eigenvalue weighted by Gasteiger charge is -2.35. The molecule has 2 nitrogen and oxygen atoms in total. The number of amides is 1. The average Bonchev–Trinajstić information content (AvgIpc) is 2.06. The molecule has 0 aromatic heterocycles. The third kappa shape index (κ3) is 1.17. The molecular formula is C9H13NO. The molecule has 0 N–H and O–H groups in total. The predicted octanol–water partition coefficient (Wildman–Crippen LogP) is 1.33. The van der Waals surface area contributed by atoms with Gasteiger partial charge in [-0.3, -0.25) is 4.79 Å². The van der Waals surface area contributed by atoms with E-state index in [2.05, 4.69) is 12.2 Å². The summed E-state index contributed by atoms with van der Waals surface area (Å²) in [5, 5.41) is 0. The van der Waals surface area contributed by atoms with Gasteiger partial charge in [-0.05, 0) is 19.3 Å². The molecule has 1 saturated heterocycles. The second-order valence-corrected chi connectivity index (χ2v) is 3.26. The Labute approximate surface area is 66.9 Å².